The van der Waals surface area contributed by atoms with Gasteiger partial charge in [0.2, 0.25) is 5.89 Å². The molecule has 98 valence electrons. The second-order valence-corrected chi connectivity index (χ2v) is 3.58. The lowest BCUT2D eigenvalue weighted by Crippen LogP contribution is -2.15. The van der Waals surface area contributed by atoms with Crippen molar-refractivity contribution >= 4 is 23.3 Å². The lowest BCUT2D eigenvalue weighted by molar-refractivity contribution is -0.383. The number of aromatic nitrogens is 2. The highest BCUT2D eigenvalue weighted by atomic mass is 16.6. The van der Waals surface area contributed by atoms with E-state index >= 15 is 0 Å². The number of hydrogen-bond acceptors (Lipinski definition) is 7. The molecule has 0 aliphatic heterocycles. The Kier molecular flexibility index (Phi) is 3.10. The number of para-hydroxylation sites is 1. The van der Waals surface area contributed by atoms with E-state index < -0.39 is 10.8 Å². The van der Waals surface area contributed by atoms with Gasteiger partial charge < -0.3 is 10.2 Å². The third kappa shape index (κ3) is 2.49. The molecule has 3 N–H and O–H groups in total. The number of aryl methyl sites for hydroxylation is 1. The number of carbonyl (C=O) groups is 1. The number of hydrogen-bond donors (Lipinski definition) is 2. The highest BCUT2D eigenvalue weighted by molar-refractivity contribution is 6.07. The van der Waals surface area contributed by atoms with Gasteiger partial charge in [-0.1, -0.05) is 11.2 Å². The van der Waals surface area contributed by atoms with Crippen molar-refractivity contribution in [1.82, 2.24) is 10.2 Å². The van der Waals surface area contributed by atoms with Gasteiger partial charge in [-0.05, 0) is 6.07 Å². The zero-order chi connectivity index (χ0) is 14.0. The van der Waals surface area contributed by atoms with Crippen molar-refractivity contribution in [2.24, 2.45) is 0 Å². The number of carbonyl (C=O) groups excluding carboxylic acids is 1. The van der Waals surface area contributed by atoms with Crippen LogP contribution < -0.4 is 11.1 Å². The van der Waals surface area contributed by atoms with Gasteiger partial charge >= 0.3 is 6.01 Å². The molecule has 1 amide bonds. The van der Waals surface area contributed by atoms with Crippen LogP contribution in [0, 0.1) is 17.0 Å². The van der Waals surface area contributed by atoms with Crippen LogP contribution in [0.3, 0.4) is 0 Å². The molecule has 0 unspecified atom stereocenters. The quantitative estimate of drug-likeness (QED) is 0.480. The van der Waals surface area contributed by atoms with Crippen molar-refractivity contribution in [3.8, 4) is 0 Å². The number of benzene rings is 1. The van der Waals surface area contributed by atoms with Gasteiger partial charge in [0.05, 0.1) is 10.5 Å². The summed E-state index contributed by atoms with van der Waals surface area (Å²) < 4.78 is 4.96. The normalized spacial score (nSPS) is 10.2. The molecule has 1 aromatic carbocycles. The van der Waals surface area contributed by atoms with E-state index in [4.69, 9.17) is 10.2 Å². The Hall–Kier alpha value is -2.97. The van der Waals surface area contributed by atoms with Gasteiger partial charge in [0, 0.05) is 13.0 Å². The Morgan fingerprint density at radius 2 is 2.21 bits per heavy atom. The van der Waals surface area contributed by atoms with Crippen molar-refractivity contribution in [3.05, 3.63) is 39.8 Å². The molecule has 1 heterocycles. The van der Waals surface area contributed by atoms with Crippen LogP contribution in [0.5, 0.6) is 0 Å². The summed E-state index contributed by atoms with van der Waals surface area (Å²) >= 11 is 0. The second kappa shape index (κ2) is 4.72. The van der Waals surface area contributed by atoms with Crippen LogP contribution in [0.4, 0.5) is 17.4 Å². The fraction of sp³-hybridized carbons (Fsp3) is 0.100. The van der Waals surface area contributed by atoms with E-state index in [-0.39, 0.29) is 28.8 Å². The number of nitrogens with zero attached hydrogens (tertiary/aromatic N) is 3. The minimum atomic E-state index is -0.664. The minimum absolute atomic E-state index is 0.0370. The van der Waals surface area contributed by atoms with Gasteiger partial charge in [-0.3, -0.25) is 20.2 Å². The Morgan fingerprint density at radius 1 is 1.47 bits per heavy atom. The molecule has 0 atom stereocenters. The predicted octanol–water partition coefficient (Wildman–Crippen LogP) is 1.12. The molecule has 2 aromatic rings. The van der Waals surface area contributed by atoms with Crippen molar-refractivity contribution in [1.29, 1.82) is 0 Å². The van der Waals surface area contributed by atoms with E-state index in [9.17, 15) is 14.9 Å². The maximum Gasteiger partial charge on any atom is 0.322 e. The molecule has 0 radical (unpaired) electrons. The van der Waals surface area contributed by atoms with Gasteiger partial charge in [-0.25, -0.2) is 0 Å². The summed E-state index contributed by atoms with van der Waals surface area (Å²) in [5.74, 6) is -0.382. The average molecular weight is 263 g/mol. The van der Waals surface area contributed by atoms with E-state index in [2.05, 4.69) is 15.5 Å². The first-order chi connectivity index (χ1) is 8.99. The van der Waals surface area contributed by atoms with E-state index in [1.807, 2.05) is 0 Å². The Balaban J connectivity index is 2.29. The topological polar surface area (TPSA) is 137 Å². The number of rotatable bonds is 3. The monoisotopic (exact) mass is 263 g/mol. The molecule has 1 aromatic heterocycles. The van der Waals surface area contributed by atoms with E-state index in [1.165, 1.54) is 18.2 Å². The van der Waals surface area contributed by atoms with Crippen LogP contribution in [0.15, 0.2) is 22.6 Å². The highest BCUT2D eigenvalue weighted by Crippen LogP contribution is 2.25. The molecule has 0 bridgehead atoms. The summed E-state index contributed by atoms with van der Waals surface area (Å²) in [6.07, 6.45) is 0. The van der Waals surface area contributed by atoms with Crippen LogP contribution in [-0.4, -0.2) is 21.0 Å². The van der Waals surface area contributed by atoms with Gasteiger partial charge in [0.25, 0.3) is 11.6 Å². The third-order valence-electron chi connectivity index (χ3n) is 2.27. The number of nitrogens with one attached hydrogen (secondary N) is 1. The number of nitro benzene ring substituents is 1. The smallest absolute Gasteiger partial charge is 0.322 e. The maximum atomic E-state index is 11.9. The minimum Gasteiger partial charge on any atom is -0.408 e. The number of anilines is 2. The fourth-order valence-electron chi connectivity index (χ4n) is 1.42. The second-order valence-electron chi connectivity index (χ2n) is 3.58. The molecule has 9 heteroatoms. The Labute approximate surface area is 106 Å². The standard InChI is InChI=1S/C10H9N5O4/c1-5-13-14-10(19-5)12-9(16)6-3-2-4-7(8(6)11)15(17)18/h2-4H,11H2,1H3,(H,12,14,16). The average Bonchev–Trinajstić information content (AvgIpc) is 2.74. The largest absolute Gasteiger partial charge is 0.408 e. The molecule has 0 saturated carbocycles. The Bertz CT molecular complexity index is 651. The summed E-state index contributed by atoms with van der Waals surface area (Å²) in [6.45, 7) is 1.56. The molecule has 0 aliphatic carbocycles. The third-order valence-corrected chi connectivity index (χ3v) is 2.27. The maximum absolute atomic E-state index is 11.9. The molecular formula is C10H9N5O4. The first kappa shape index (κ1) is 12.5. The van der Waals surface area contributed by atoms with Crippen molar-refractivity contribution < 1.29 is 14.1 Å². The van der Waals surface area contributed by atoms with Gasteiger partial charge in [0.1, 0.15) is 5.69 Å². The molecule has 2 rings (SSSR count). The van der Waals surface area contributed by atoms with Crippen molar-refractivity contribution in [2.45, 2.75) is 6.92 Å². The van der Waals surface area contributed by atoms with Gasteiger partial charge in [0.15, 0.2) is 0 Å². The molecule has 0 saturated heterocycles. The van der Waals surface area contributed by atoms with E-state index in [1.54, 1.807) is 6.92 Å². The summed E-state index contributed by atoms with van der Waals surface area (Å²) in [7, 11) is 0. The lowest BCUT2D eigenvalue weighted by Gasteiger charge is -2.04. The van der Waals surface area contributed by atoms with Crippen molar-refractivity contribution in [3.63, 3.8) is 0 Å². The summed E-state index contributed by atoms with van der Waals surface area (Å²) in [5.41, 5.74) is 4.98. The van der Waals surface area contributed by atoms with Crippen LogP contribution >= 0.6 is 0 Å². The lowest BCUT2D eigenvalue weighted by atomic mass is 10.1. The van der Waals surface area contributed by atoms with Gasteiger partial charge in [-0.2, -0.15) is 0 Å². The first-order valence-corrected chi connectivity index (χ1v) is 5.13. The van der Waals surface area contributed by atoms with Crippen LogP contribution in [-0.2, 0) is 0 Å². The SMILES string of the molecule is Cc1nnc(NC(=O)c2cccc([N+](=O)[O-])c2N)o1. The van der Waals surface area contributed by atoms with Crippen LogP contribution in [0.25, 0.3) is 0 Å². The predicted molar refractivity (Wildman–Crippen MR) is 64.5 cm³/mol. The van der Waals surface area contributed by atoms with Crippen LogP contribution in [0.1, 0.15) is 16.2 Å². The number of nitro groups is 1. The number of nitrogen functional groups attached to an aromatic ring is 1. The van der Waals surface area contributed by atoms with E-state index in [0.29, 0.717) is 0 Å². The zero-order valence-electron chi connectivity index (χ0n) is 9.78. The molecular weight excluding hydrogens is 254 g/mol. The zero-order valence-corrected chi connectivity index (χ0v) is 9.78. The summed E-state index contributed by atoms with van der Waals surface area (Å²) in [5, 5.41) is 20.1. The molecule has 9 nitrogen and oxygen atoms in total. The van der Waals surface area contributed by atoms with Gasteiger partial charge in [-0.15, -0.1) is 5.10 Å². The molecule has 19 heavy (non-hydrogen) atoms. The van der Waals surface area contributed by atoms with E-state index in [0.717, 1.165) is 0 Å². The van der Waals surface area contributed by atoms with Crippen LogP contribution in [0.2, 0.25) is 0 Å². The molecule has 0 spiro atoms. The highest BCUT2D eigenvalue weighted by Gasteiger charge is 2.20. The fourth-order valence-corrected chi connectivity index (χ4v) is 1.42. The summed E-state index contributed by atoms with van der Waals surface area (Å²) in [6, 6.07) is 3.83. The molecule has 0 aliphatic rings. The number of nitrogens with two attached hydrogens (primary N) is 1. The Morgan fingerprint density at radius 3 is 2.79 bits per heavy atom. The van der Waals surface area contributed by atoms with Crippen molar-refractivity contribution in [2.75, 3.05) is 11.1 Å². The summed E-state index contributed by atoms with van der Waals surface area (Å²) in [4.78, 5) is 21.9. The molecule has 0 fully saturated rings. The first-order valence-electron chi connectivity index (χ1n) is 5.13. The number of amides is 1.